The fourth-order valence-electron chi connectivity index (χ4n) is 2.65. The molecule has 0 radical (unpaired) electrons. The number of rotatable bonds is 5. The average Bonchev–Trinajstić information content (AvgIpc) is 3.17. The van der Waals surface area contributed by atoms with E-state index in [0.717, 1.165) is 23.5 Å². The van der Waals surface area contributed by atoms with Gasteiger partial charge in [-0.1, -0.05) is 6.07 Å². The summed E-state index contributed by atoms with van der Waals surface area (Å²) in [7, 11) is 0. The van der Waals surface area contributed by atoms with E-state index in [4.69, 9.17) is 0 Å². The molecule has 2 N–H and O–H groups in total. The molecule has 3 aromatic rings. The molecule has 3 aromatic heterocycles. The summed E-state index contributed by atoms with van der Waals surface area (Å²) in [4.78, 5) is 31.0. The van der Waals surface area contributed by atoms with Crippen molar-refractivity contribution in [2.75, 3.05) is 19.6 Å². The van der Waals surface area contributed by atoms with Crippen LogP contribution in [-0.2, 0) is 11.3 Å². The summed E-state index contributed by atoms with van der Waals surface area (Å²) in [5, 5.41) is 10.6. The predicted molar refractivity (Wildman–Crippen MR) is 96.6 cm³/mol. The van der Waals surface area contributed by atoms with Crippen LogP contribution >= 0.6 is 22.7 Å². The monoisotopic (exact) mass is 360 g/mol. The molecule has 0 aromatic carbocycles. The first-order chi connectivity index (χ1) is 11.7. The zero-order chi connectivity index (χ0) is 16.5. The van der Waals surface area contributed by atoms with Crippen molar-refractivity contribution < 1.29 is 4.79 Å². The number of aromatic nitrogens is 2. The minimum Gasteiger partial charge on any atom is -0.354 e. The zero-order valence-corrected chi connectivity index (χ0v) is 14.5. The Balaban J connectivity index is 1.59. The molecule has 0 unspecified atom stereocenters. The first-order valence-electron chi connectivity index (χ1n) is 7.70. The fourth-order valence-corrected chi connectivity index (χ4v) is 4.38. The molecule has 1 saturated heterocycles. The number of nitrogens with one attached hydrogen (secondary N) is 2. The van der Waals surface area contributed by atoms with Gasteiger partial charge in [-0.15, -0.1) is 22.7 Å². The molecule has 0 saturated carbocycles. The second kappa shape index (κ2) is 6.46. The van der Waals surface area contributed by atoms with Crippen LogP contribution in [0.15, 0.2) is 34.0 Å². The summed E-state index contributed by atoms with van der Waals surface area (Å²) >= 11 is 3.04. The number of thiophene rings is 2. The smallest absolute Gasteiger partial charge is 0.263 e. The third-order valence-corrected chi connectivity index (χ3v) is 5.90. The van der Waals surface area contributed by atoms with E-state index in [1.54, 1.807) is 11.3 Å². The average molecular weight is 360 g/mol. The lowest BCUT2D eigenvalue weighted by atomic mass is 10.0. The van der Waals surface area contributed by atoms with Crippen molar-refractivity contribution in [3.63, 3.8) is 0 Å². The summed E-state index contributed by atoms with van der Waals surface area (Å²) in [5.74, 6) is 0.339. The van der Waals surface area contributed by atoms with Crippen LogP contribution in [0.3, 0.4) is 0 Å². The topological polar surface area (TPSA) is 76.0 Å². The maximum absolute atomic E-state index is 12.8. The number of carbonyl (C=O) groups excluding carboxylic acids is 1. The van der Waals surface area contributed by atoms with Crippen molar-refractivity contribution in [3.8, 4) is 10.4 Å². The molecule has 1 amide bonds. The van der Waals surface area contributed by atoms with Gasteiger partial charge in [-0.05, 0) is 11.4 Å². The molecule has 124 valence electrons. The lowest BCUT2D eigenvalue weighted by molar-refractivity contribution is -0.122. The van der Waals surface area contributed by atoms with E-state index in [1.807, 2.05) is 22.9 Å². The zero-order valence-electron chi connectivity index (χ0n) is 12.8. The summed E-state index contributed by atoms with van der Waals surface area (Å²) in [6.45, 7) is 2.52. The third-order valence-electron chi connectivity index (χ3n) is 4.12. The summed E-state index contributed by atoms with van der Waals surface area (Å²) < 4.78 is 1.39. The van der Waals surface area contributed by atoms with Gasteiger partial charge in [0, 0.05) is 41.4 Å². The lowest BCUT2D eigenvalue weighted by Crippen LogP contribution is -2.48. The maximum Gasteiger partial charge on any atom is 0.263 e. The molecular formula is C16H16N4O2S2. The largest absolute Gasteiger partial charge is 0.354 e. The Morgan fingerprint density at radius 3 is 3.00 bits per heavy atom. The van der Waals surface area contributed by atoms with E-state index >= 15 is 0 Å². The van der Waals surface area contributed by atoms with Gasteiger partial charge < -0.3 is 10.6 Å². The molecule has 1 aliphatic heterocycles. The Hall–Kier alpha value is -2.03. The van der Waals surface area contributed by atoms with Crippen LogP contribution in [0.5, 0.6) is 0 Å². The Morgan fingerprint density at radius 2 is 2.29 bits per heavy atom. The van der Waals surface area contributed by atoms with Crippen LogP contribution in [0.2, 0.25) is 0 Å². The van der Waals surface area contributed by atoms with Crippen LogP contribution in [0.25, 0.3) is 20.7 Å². The van der Waals surface area contributed by atoms with Crippen molar-refractivity contribution in [1.29, 1.82) is 0 Å². The van der Waals surface area contributed by atoms with E-state index in [1.165, 1.54) is 22.2 Å². The molecule has 8 heteroatoms. The van der Waals surface area contributed by atoms with E-state index in [9.17, 15) is 9.59 Å². The number of carbonyl (C=O) groups is 1. The Kier molecular flexibility index (Phi) is 4.17. The van der Waals surface area contributed by atoms with Crippen molar-refractivity contribution in [2.45, 2.75) is 6.54 Å². The van der Waals surface area contributed by atoms with Gasteiger partial charge in [-0.3, -0.25) is 14.2 Å². The highest BCUT2D eigenvalue weighted by Gasteiger charge is 2.18. The maximum atomic E-state index is 12.8. The Morgan fingerprint density at radius 1 is 1.42 bits per heavy atom. The van der Waals surface area contributed by atoms with Crippen molar-refractivity contribution in [2.24, 2.45) is 5.92 Å². The van der Waals surface area contributed by atoms with Crippen LogP contribution < -0.4 is 16.2 Å². The lowest BCUT2D eigenvalue weighted by Gasteiger charge is -2.27. The first-order valence-corrected chi connectivity index (χ1v) is 9.46. The molecule has 4 heterocycles. The molecule has 24 heavy (non-hydrogen) atoms. The normalized spacial score (nSPS) is 14.7. The van der Waals surface area contributed by atoms with Crippen molar-refractivity contribution >= 4 is 38.8 Å². The molecule has 1 fully saturated rings. The number of hydrogen-bond donors (Lipinski definition) is 2. The quantitative estimate of drug-likeness (QED) is 0.723. The molecular weight excluding hydrogens is 344 g/mol. The highest BCUT2D eigenvalue weighted by Crippen LogP contribution is 2.33. The Labute approximate surface area is 146 Å². The number of amides is 1. The number of fused-ring (bicyclic) bond motifs is 1. The molecule has 0 bridgehead atoms. The highest BCUT2D eigenvalue weighted by molar-refractivity contribution is 7.18. The molecule has 6 nitrogen and oxygen atoms in total. The molecule has 4 rings (SSSR count). The van der Waals surface area contributed by atoms with Gasteiger partial charge in [0.2, 0.25) is 5.91 Å². The van der Waals surface area contributed by atoms with E-state index < -0.39 is 0 Å². The summed E-state index contributed by atoms with van der Waals surface area (Å²) in [6.07, 6.45) is 1.46. The first kappa shape index (κ1) is 15.5. The molecule has 0 aliphatic carbocycles. The van der Waals surface area contributed by atoms with Gasteiger partial charge in [0.1, 0.15) is 11.4 Å². The highest BCUT2D eigenvalue weighted by atomic mass is 32.1. The van der Waals surface area contributed by atoms with E-state index in [0.29, 0.717) is 22.7 Å². The van der Waals surface area contributed by atoms with Gasteiger partial charge in [-0.25, -0.2) is 4.98 Å². The van der Waals surface area contributed by atoms with Gasteiger partial charge in [-0.2, -0.15) is 0 Å². The van der Waals surface area contributed by atoms with Crippen LogP contribution in [0.1, 0.15) is 0 Å². The van der Waals surface area contributed by atoms with Crippen molar-refractivity contribution in [3.05, 3.63) is 39.6 Å². The minimum atomic E-state index is -0.162. The SMILES string of the molecule is O=C(Cn1cnc2scc(-c3cccs3)c2c1=O)NCC1CNC1. The van der Waals surface area contributed by atoms with Crippen LogP contribution in [0, 0.1) is 5.92 Å². The second-order valence-corrected chi connectivity index (χ2v) is 7.62. The molecule has 1 aliphatic rings. The van der Waals surface area contributed by atoms with Gasteiger partial charge in [0.25, 0.3) is 5.56 Å². The van der Waals surface area contributed by atoms with E-state index in [-0.39, 0.29) is 18.0 Å². The second-order valence-electron chi connectivity index (χ2n) is 5.81. The minimum absolute atomic E-state index is 0.00164. The summed E-state index contributed by atoms with van der Waals surface area (Å²) in [6, 6.07) is 3.95. The van der Waals surface area contributed by atoms with Crippen molar-refractivity contribution in [1.82, 2.24) is 20.2 Å². The predicted octanol–water partition coefficient (Wildman–Crippen LogP) is 1.52. The van der Waals surface area contributed by atoms with E-state index in [2.05, 4.69) is 15.6 Å². The fraction of sp³-hybridized carbons (Fsp3) is 0.312. The van der Waals surface area contributed by atoms with Gasteiger partial charge >= 0.3 is 0 Å². The van der Waals surface area contributed by atoms with Crippen LogP contribution in [0.4, 0.5) is 0 Å². The number of nitrogens with zero attached hydrogens (tertiary/aromatic N) is 2. The molecule has 0 spiro atoms. The number of hydrogen-bond acceptors (Lipinski definition) is 6. The summed E-state index contributed by atoms with van der Waals surface area (Å²) in [5.41, 5.74) is 0.739. The van der Waals surface area contributed by atoms with Crippen LogP contribution in [-0.4, -0.2) is 35.1 Å². The molecule has 0 atom stereocenters. The van der Waals surface area contributed by atoms with Gasteiger partial charge in [0.05, 0.1) is 11.7 Å². The van der Waals surface area contributed by atoms with Gasteiger partial charge in [0.15, 0.2) is 0 Å². The Bertz CT molecular complexity index is 925. The standard InChI is InChI=1S/C16H16N4O2S2/c21-13(18-6-10-4-17-5-10)7-20-9-19-15-14(16(20)22)11(8-24-15)12-2-1-3-23-12/h1-3,8-10,17H,4-7H2,(H,18,21). The third kappa shape index (κ3) is 2.88.